The van der Waals surface area contributed by atoms with Crippen LogP contribution >= 0.6 is 0 Å². The van der Waals surface area contributed by atoms with Crippen LogP contribution in [0.15, 0.2) is 24.3 Å². The van der Waals surface area contributed by atoms with E-state index in [0.717, 1.165) is 5.22 Å². The maximum absolute atomic E-state index is 10.9. The van der Waals surface area contributed by atoms with Gasteiger partial charge in [0.25, 0.3) is 0 Å². The van der Waals surface area contributed by atoms with Crippen molar-refractivity contribution < 1.29 is 46.3 Å². The van der Waals surface area contributed by atoms with Gasteiger partial charge in [-0.1, -0.05) is 18.7 Å². The quantitative estimate of drug-likeness (QED) is 0.516. The summed E-state index contributed by atoms with van der Waals surface area (Å²) in [6.45, 7) is 3.69. The van der Waals surface area contributed by atoms with Gasteiger partial charge in [0.15, 0.2) is 0 Å². The average molecular weight is 294 g/mol. The van der Waals surface area contributed by atoms with Crippen LogP contribution in [0.25, 0.3) is 12.5 Å². The van der Waals surface area contributed by atoms with Crippen molar-refractivity contribution in [1.82, 2.24) is 0 Å². The number of benzene rings is 1. The Morgan fingerprint density at radius 3 is 2.15 bits per heavy atom. The summed E-state index contributed by atoms with van der Waals surface area (Å²) in [5, 5.41) is 12.3. The van der Waals surface area contributed by atoms with Crippen LogP contribution in [-0.4, -0.2) is 7.11 Å². The number of hydrogen-bond donors (Lipinski definition) is 0. The third-order valence-electron chi connectivity index (χ3n) is 1.38. The molecule has 0 aliphatic carbocycles. The minimum absolute atomic E-state index is 0. The number of ether oxygens (including phenoxy) is 1. The fourth-order valence-corrected chi connectivity index (χ4v) is 0.759. The van der Waals surface area contributed by atoms with Crippen LogP contribution in [0.3, 0.4) is 0 Å². The largest absolute Gasteiger partial charge is 1.00 e. The molecule has 0 amide bonds. The van der Waals surface area contributed by atoms with Gasteiger partial charge >= 0.3 is 5.95 Å². The predicted octanol–water partition coefficient (Wildman–Crippen LogP) is -2.76. The second kappa shape index (κ2) is 7.10. The fourth-order valence-electron chi connectivity index (χ4n) is 0.759. The van der Waals surface area contributed by atoms with Crippen molar-refractivity contribution >= 4 is 12.5 Å². The number of rotatable bonds is 1. The van der Waals surface area contributed by atoms with Gasteiger partial charge in [-0.3, -0.25) is 0 Å². The molecule has 0 atom stereocenters. The van der Waals surface area contributed by atoms with E-state index in [4.69, 9.17) is 0 Å². The number of methoxy groups -OCH3 is 1. The van der Waals surface area contributed by atoms with Gasteiger partial charge in [0.2, 0.25) is 0 Å². The van der Waals surface area contributed by atoms with Crippen LogP contribution in [0.1, 0.15) is 0 Å². The molecule has 0 N–H and O–H groups in total. The summed E-state index contributed by atoms with van der Waals surface area (Å²) in [6, 6.07) is 6.92. The first-order valence-corrected chi connectivity index (χ1v) is 3.24. The standard InChI is InChI=1S/C9H9O2.BrH.Zn/c1-7-3-5-8(6-4-7)9(10)11-2;;/h3-6H,1H2,2H3;1H;/p-1. The third-order valence-corrected chi connectivity index (χ3v) is 1.38. The molecule has 0 spiro atoms. The van der Waals surface area contributed by atoms with E-state index < -0.39 is 0 Å². The van der Waals surface area contributed by atoms with Crippen LogP contribution in [-0.2, 0) is 29.3 Å². The van der Waals surface area contributed by atoms with Crippen molar-refractivity contribution in [3.8, 4) is 0 Å². The summed E-state index contributed by atoms with van der Waals surface area (Å²) in [5.74, 6) is -0.315. The molecule has 1 rings (SSSR count). The van der Waals surface area contributed by atoms with Crippen LogP contribution in [0.5, 0.6) is 0 Å². The summed E-state index contributed by atoms with van der Waals surface area (Å²) in [7, 11) is 1.36. The molecule has 4 heteroatoms. The summed E-state index contributed by atoms with van der Waals surface area (Å²) >= 11 is 0. The van der Waals surface area contributed by atoms with Gasteiger partial charge in [-0.2, -0.15) is 0 Å². The molecular formula is C9H9BrO2Zn-. The minimum Gasteiger partial charge on any atom is -1.00 e. The Balaban J connectivity index is 0. The summed E-state index contributed by atoms with van der Waals surface area (Å²) < 4.78 is 4.52. The Bertz CT molecular complexity index is 328. The van der Waals surface area contributed by atoms with Gasteiger partial charge in [0.05, 0.1) is 12.3 Å². The summed E-state index contributed by atoms with van der Waals surface area (Å²) in [4.78, 5) is 0. The van der Waals surface area contributed by atoms with Crippen molar-refractivity contribution in [2.45, 2.75) is 0 Å². The summed E-state index contributed by atoms with van der Waals surface area (Å²) in [5.41, 5.74) is 0. The second-order valence-electron chi connectivity index (χ2n) is 2.19. The molecular weight excluding hydrogens is 285 g/mol. The second-order valence-corrected chi connectivity index (χ2v) is 2.19. The van der Waals surface area contributed by atoms with E-state index >= 15 is 0 Å². The third kappa shape index (κ3) is 4.44. The average Bonchev–Trinajstić information content (AvgIpc) is 2.05. The zero-order valence-electron chi connectivity index (χ0n) is 7.42. The maximum Gasteiger partial charge on any atom is 0.337 e. The first-order chi connectivity index (χ1) is 5.24. The predicted molar refractivity (Wildman–Crippen MR) is 42.3 cm³/mol. The maximum atomic E-state index is 10.9. The SMILES string of the molecule is C=c1ccc(=C([O])OC)cc1.[Br-].[Zn]. The van der Waals surface area contributed by atoms with E-state index in [2.05, 4.69) is 11.3 Å². The van der Waals surface area contributed by atoms with E-state index in [9.17, 15) is 5.11 Å². The molecule has 0 aliphatic heterocycles. The molecule has 0 saturated heterocycles. The zero-order chi connectivity index (χ0) is 8.27. The van der Waals surface area contributed by atoms with Gasteiger partial charge in [0.1, 0.15) is 0 Å². The normalized spacial score (nSPS) is 7.77. The Labute approximate surface area is 100 Å². The minimum atomic E-state index is -0.315. The molecule has 0 heterocycles. The molecule has 0 saturated carbocycles. The summed E-state index contributed by atoms with van der Waals surface area (Å²) in [6.07, 6.45) is 0. The Morgan fingerprint density at radius 1 is 1.31 bits per heavy atom. The smallest absolute Gasteiger partial charge is 0.337 e. The first-order valence-electron chi connectivity index (χ1n) is 3.24. The van der Waals surface area contributed by atoms with Crippen molar-refractivity contribution in [3.63, 3.8) is 0 Å². The molecule has 0 aromatic heterocycles. The molecule has 0 unspecified atom stereocenters. The topological polar surface area (TPSA) is 29.1 Å². The monoisotopic (exact) mass is 292 g/mol. The number of hydrogen-bond acceptors (Lipinski definition) is 1. The van der Waals surface area contributed by atoms with Crippen molar-refractivity contribution in [1.29, 1.82) is 0 Å². The van der Waals surface area contributed by atoms with Crippen LogP contribution in [0.4, 0.5) is 0 Å². The van der Waals surface area contributed by atoms with E-state index in [0.29, 0.717) is 5.22 Å². The molecule has 1 aromatic rings. The Hall–Kier alpha value is -0.337. The van der Waals surface area contributed by atoms with Crippen molar-refractivity contribution in [2.75, 3.05) is 7.11 Å². The van der Waals surface area contributed by atoms with Gasteiger partial charge in [-0.15, -0.1) is 0 Å². The molecule has 1 aromatic carbocycles. The fraction of sp³-hybridized carbons (Fsp3) is 0.111. The van der Waals surface area contributed by atoms with Crippen LogP contribution in [0.2, 0.25) is 0 Å². The van der Waals surface area contributed by atoms with Crippen molar-refractivity contribution in [3.05, 3.63) is 34.7 Å². The van der Waals surface area contributed by atoms with E-state index in [1.54, 1.807) is 24.3 Å². The van der Waals surface area contributed by atoms with Gasteiger partial charge < -0.3 is 21.7 Å². The molecule has 1 radical (unpaired) electrons. The van der Waals surface area contributed by atoms with Gasteiger partial charge in [-0.25, -0.2) is 5.11 Å². The molecule has 0 aliphatic rings. The van der Waals surface area contributed by atoms with Gasteiger partial charge in [0, 0.05) is 19.5 Å². The van der Waals surface area contributed by atoms with E-state index in [1.807, 2.05) is 0 Å². The van der Waals surface area contributed by atoms with Gasteiger partial charge in [-0.05, 0) is 17.4 Å². The van der Waals surface area contributed by atoms with E-state index in [1.165, 1.54) is 7.11 Å². The first kappa shape index (κ1) is 15.1. The molecule has 0 fully saturated rings. The molecule has 13 heavy (non-hydrogen) atoms. The van der Waals surface area contributed by atoms with E-state index in [-0.39, 0.29) is 42.4 Å². The van der Waals surface area contributed by atoms with Crippen LogP contribution in [0, 0.1) is 0 Å². The van der Waals surface area contributed by atoms with Crippen LogP contribution < -0.4 is 27.4 Å². The Morgan fingerprint density at radius 2 is 1.77 bits per heavy atom. The van der Waals surface area contributed by atoms with Crippen molar-refractivity contribution in [2.24, 2.45) is 0 Å². The Kier molecular flexibility index (Phi) is 8.28. The number of halogens is 1. The molecule has 2 nitrogen and oxygen atoms in total. The zero-order valence-corrected chi connectivity index (χ0v) is 12.0. The molecule has 0 bridgehead atoms. The molecule has 67 valence electrons.